The number of aromatic nitrogens is 3. The Morgan fingerprint density at radius 1 is 1.03 bits per heavy atom. The van der Waals surface area contributed by atoms with Crippen LogP contribution < -0.4 is 16.2 Å². The van der Waals surface area contributed by atoms with Crippen molar-refractivity contribution in [2.75, 3.05) is 10.6 Å². The van der Waals surface area contributed by atoms with Crippen molar-refractivity contribution in [3.05, 3.63) is 86.9 Å². The molecule has 1 atom stereocenters. The van der Waals surface area contributed by atoms with Crippen LogP contribution in [0.1, 0.15) is 34.7 Å². The Morgan fingerprint density at radius 3 is 2.44 bits per heavy atom. The molecule has 2 amide bonds. The number of nitrogens with zero attached hydrogens (tertiary/aromatic N) is 3. The van der Waals surface area contributed by atoms with Crippen molar-refractivity contribution in [2.45, 2.75) is 26.8 Å². The number of benzene rings is 2. The van der Waals surface area contributed by atoms with E-state index in [0.717, 1.165) is 11.4 Å². The fourth-order valence-corrected chi connectivity index (χ4v) is 4.11. The van der Waals surface area contributed by atoms with Crippen LogP contribution in [-0.2, 0) is 11.8 Å². The Morgan fingerprint density at radius 2 is 1.76 bits per heavy atom. The molecule has 0 fully saturated rings. The summed E-state index contributed by atoms with van der Waals surface area (Å²) in [5, 5.41) is 10.9. The molecule has 0 aliphatic heterocycles. The number of carbonyl (C=O) groups is 2. The number of anilines is 2. The first-order valence-electron chi connectivity index (χ1n) is 10.7. The van der Waals surface area contributed by atoms with E-state index in [1.807, 2.05) is 32.0 Å². The Labute approximate surface area is 201 Å². The van der Waals surface area contributed by atoms with Crippen LogP contribution in [0.5, 0.6) is 0 Å². The highest BCUT2D eigenvalue weighted by Crippen LogP contribution is 2.27. The molecule has 1 unspecified atom stereocenters. The molecule has 174 valence electrons. The molecule has 9 heteroatoms. The molecule has 0 saturated carbocycles. The van der Waals surface area contributed by atoms with E-state index in [0.29, 0.717) is 22.3 Å². The molecule has 0 spiro atoms. The number of aryl methyl sites for hydroxylation is 3. The molecular weight excluding hydrogens is 454 g/mol. The predicted molar refractivity (Wildman–Crippen MR) is 134 cm³/mol. The number of halogens is 1. The van der Waals surface area contributed by atoms with E-state index in [1.54, 1.807) is 49.0 Å². The van der Waals surface area contributed by atoms with Gasteiger partial charge in [-0.15, -0.1) is 0 Å². The van der Waals surface area contributed by atoms with Gasteiger partial charge in [-0.25, -0.2) is 0 Å². The lowest BCUT2D eigenvalue weighted by Crippen LogP contribution is -2.25. The van der Waals surface area contributed by atoms with Gasteiger partial charge in [-0.1, -0.05) is 29.8 Å². The maximum absolute atomic E-state index is 13.0. The highest BCUT2D eigenvalue weighted by molar-refractivity contribution is 6.34. The zero-order chi connectivity index (χ0) is 24.6. The third-order valence-corrected chi connectivity index (χ3v) is 5.99. The Balaban J connectivity index is 1.53. The molecule has 2 N–H and O–H groups in total. The molecule has 0 radical (unpaired) electrons. The normalized spacial score (nSPS) is 11.9. The van der Waals surface area contributed by atoms with Crippen LogP contribution >= 0.6 is 11.6 Å². The summed E-state index contributed by atoms with van der Waals surface area (Å²) in [6.45, 7) is 5.51. The lowest BCUT2D eigenvalue weighted by Gasteiger charge is -2.16. The molecule has 4 rings (SSSR count). The lowest BCUT2D eigenvalue weighted by molar-refractivity contribution is -0.119. The Hall–Kier alpha value is -3.91. The maximum Gasteiger partial charge on any atom is 0.256 e. The van der Waals surface area contributed by atoms with E-state index in [1.165, 1.54) is 10.6 Å². The Kier molecular flexibility index (Phi) is 6.26. The summed E-state index contributed by atoms with van der Waals surface area (Å²) in [7, 11) is 1.66. The number of fused-ring (bicyclic) bond motifs is 1. The van der Waals surface area contributed by atoms with E-state index in [9.17, 15) is 14.4 Å². The minimum atomic E-state index is -0.530. The van der Waals surface area contributed by atoms with Crippen molar-refractivity contribution < 1.29 is 9.59 Å². The van der Waals surface area contributed by atoms with Crippen molar-refractivity contribution in [2.24, 2.45) is 7.05 Å². The van der Waals surface area contributed by atoms with Crippen LogP contribution in [0.15, 0.2) is 59.4 Å². The second-order valence-corrected chi connectivity index (χ2v) is 8.57. The number of amides is 2. The fourth-order valence-electron chi connectivity index (χ4n) is 3.88. The van der Waals surface area contributed by atoms with Crippen LogP contribution in [0.2, 0.25) is 5.02 Å². The molecule has 2 aromatic heterocycles. The first-order valence-corrected chi connectivity index (χ1v) is 11.1. The molecule has 0 bridgehead atoms. The van der Waals surface area contributed by atoms with Gasteiger partial charge in [-0.05, 0) is 51.1 Å². The standard InChI is InChI=1S/C25H24ClN5O3/c1-14-11-15(2)31(29-14)16(3)24(33)28-21-10-9-17(12-20(21)26)27-25(34)19-13-23(32)30(4)22-8-6-5-7-18(19)22/h5-13,16H,1-4H3,(H,27,34)(H,28,33). The van der Waals surface area contributed by atoms with Gasteiger partial charge in [0.25, 0.3) is 11.5 Å². The smallest absolute Gasteiger partial charge is 0.256 e. The van der Waals surface area contributed by atoms with Gasteiger partial charge in [0, 0.05) is 29.9 Å². The van der Waals surface area contributed by atoms with Gasteiger partial charge in [0.05, 0.1) is 27.5 Å². The van der Waals surface area contributed by atoms with Crippen molar-refractivity contribution in [1.82, 2.24) is 14.3 Å². The highest BCUT2D eigenvalue weighted by atomic mass is 35.5. The van der Waals surface area contributed by atoms with E-state index in [-0.39, 0.29) is 22.1 Å². The van der Waals surface area contributed by atoms with Gasteiger partial charge in [-0.2, -0.15) is 5.10 Å². The zero-order valence-electron chi connectivity index (χ0n) is 19.2. The molecule has 0 aliphatic rings. The summed E-state index contributed by atoms with van der Waals surface area (Å²) >= 11 is 6.39. The van der Waals surface area contributed by atoms with Gasteiger partial charge in [0.2, 0.25) is 5.91 Å². The SMILES string of the molecule is Cc1cc(C)n(C(C)C(=O)Nc2ccc(NC(=O)c3cc(=O)n(C)c4ccccc34)cc2Cl)n1. The van der Waals surface area contributed by atoms with Crippen LogP contribution in [0.4, 0.5) is 11.4 Å². The van der Waals surface area contributed by atoms with Gasteiger partial charge in [0.15, 0.2) is 0 Å². The summed E-state index contributed by atoms with van der Waals surface area (Å²) < 4.78 is 3.15. The van der Waals surface area contributed by atoms with Crippen LogP contribution in [0.25, 0.3) is 10.9 Å². The van der Waals surface area contributed by atoms with E-state index in [4.69, 9.17) is 11.6 Å². The first kappa shape index (κ1) is 23.3. The zero-order valence-corrected chi connectivity index (χ0v) is 20.0. The molecule has 0 aliphatic carbocycles. The van der Waals surface area contributed by atoms with Gasteiger partial charge < -0.3 is 15.2 Å². The molecule has 2 aromatic carbocycles. The predicted octanol–water partition coefficient (Wildman–Crippen LogP) is 4.46. The summed E-state index contributed by atoms with van der Waals surface area (Å²) in [4.78, 5) is 38.0. The van der Waals surface area contributed by atoms with Gasteiger partial charge >= 0.3 is 0 Å². The molecule has 0 saturated heterocycles. The summed E-state index contributed by atoms with van der Waals surface area (Å²) in [5.74, 6) is -0.698. The van der Waals surface area contributed by atoms with Crippen molar-refractivity contribution in [3.8, 4) is 0 Å². The van der Waals surface area contributed by atoms with Crippen molar-refractivity contribution >= 4 is 45.7 Å². The summed E-state index contributed by atoms with van der Waals surface area (Å²) in [5.41, 5.74) is 3.21. The van der Waals surface area contributed by atoms with E-state index >= 15 is 0 Å². The molecule has 8 nitrogen and oxygen atoms in total. The number of carbonyl (C=O) groups excluding carboxylic acids is 2. The number of nitrogens with one attached hydrogen (secondary N) is 2. The number of para-hydroxylation sites is 1. The minimum Gasteiger partial charge on any atom is -0.323 e. The monoisotopic (exact) mass is 477 g/mol. The number of hydrogen-bond acceptors (Lipinski definition) is 4. The third-order valence-electron chi connectivity index (χ3n) is 5.67. The molecule has 34 heavy (non-hydrogen) atoms. The molecular formula is C25H24ClN5O3. The topological polar surface area (TPSA) is 98.0 Å². The van der Waals surface area contributed by atoms with Crippen LogP contribution in [-0.4, -0.2) is 26.2 Å². The van der Waals surface area contributed by atoms with Crippen molar-refractivity contribution in [3.63, 3.8) is 0 Å². The fraction of sp³-hybridized carbons (Fsp3) is 0.200. The second-order valence-electron chi connectivity index (χ2n) is 8.16. The summed E-state index contributed by atoms with van der Waals surface area (Å²) in [6.07, 6.45) is 0. The Bertz CT molecular complexity index is 1490. The quantitative estimate of drug-likeness (QED) is 0.443. The largest absolute Gasteiger partial charge is 0.323 e. The molecule has 2 heterocycles. The van der Waals surface area contributed by atoms with E-state index in [2.05, 4.69) is 15.7 Å². The molecule has 4 aromatic rings. The lowest BCUT2D eigenvalue weighted by atomic mass is 10.1. The average molecular weight is 478 g/mol. The summed E-state index contributed by atoms with van der Waals surface area (Å²) in [6, 6.07) is 14.7. The number of hydrogen-bond donors (Lipinski definition) is 2. The van der Waals surface area contributed by atoms with E-state index < -0.39 is 11.9 Å². The average Bonchev–Trinajstić information content (AvgIpc) is 3.15. The second kappa shape index (κ2) is 9.15. The van der Waals surface area contributed by atoms with Gasteiger partial charge in [-0.3, -0.25) is 19.1 Å². The highest BCUT2D eigenvalue weighted by Gasteiger charge is 2.19. The van der Waals surface area contributed by atoms with Gasteiger partial charge in [0.1, 0.15) is 6.04 Å². The maximum atomic E-state index is 13.0. The van der Waals surface area contributed by atoms with Crippen LogP contribution in [0.3, 0.4) is 0 Å². The van der Waals surface area contributed by atoms with Crippen LogP contribution in [0, 0.1) is 13.8 Å². The number of pyridine rings is 1. The number of rotatable bonds is 5. The first-order chi connectivity index (χ1) is 16.2. The third kappa shape index (κ3) is 4.45. The minimum absolute atomic E-state index is 0.264. The van der Waals surface area contributed by atoms with Crippen molar-refractivity contribution in [1.29, 1.82) is 0 Å².